The SMILES string of the molecule is CCNC(=NCC(C)CO)NC(C)c1cccc(N2CCCC2)c1. The minimum atomic E-state index is 0.163. The van der Waals surface area contributed by atoms with E-state index in [1.807, 2.05) is 6.92 Å². The highest BCUT2D eigenvalue weighted by Crippen LogP contribution is 2.23. The van der Waals surface area contributed by atoms with Crippen LogP contribution >= 0.6 is 0 Å². The first-order valence-electron chi connectivity index (χ1n) is 9.14. The van der Waals surface area contributed by atoms with E-state index in [1.165, 1.54) is 24.1 Å². The van der Waals surface area contributed by atoms with Gasteiger partial charge in [-0.1, -0.05) is 19.1 Å². The maximum absolute atomic E-state index is 9.16. The fourth-order valence-corrected chi connectivity index (χ4v) is 2.88. The molecule has 1 aliphatic rings. The van der Waals surface area contributed by atoms with Crippen molar-refractivity contribution in [1.82, 2.24) is 10.6 Å². The van der Waals surface area contributed by atoms with Gasteiger partial charge in [0.25, 0.3) is 0 Å². The molecule has 0 amide bonds. The van der Waals surface area contributed by atoms with Crippen molar-refractivity contribution in [2.75, 3.05) is 37.7 Å². The molecule has 1 saturated heterocycles. The number of benzene rings is 1. The third kappa shape index (κ3) is 5.41. The zero-order valence-electron chi connectivity index (χ0n) is 15.3. The van der Waals surface area contributed by atoms with Gasteiger partial charge in [-0.05, 0) is 50.3 Å². The fraction of sp³-hybridized carbons (Fsp3) is 0.632. The van der Waals surface area contributed by atoms with Crippen LogP contribution in [0, 0.1) is 5.92 Å². The molecule has 1 fully saturated rings. The van der Waals surface area contributed by atoms with E-state index < -0.39 is 0 Å². The molecule has 1 aromatic rings. The molecule has 5 heteroatoms. The Morgan fingerprint density at radius 2 is 2.04 bits per heavy atom. The van der Waals surface area contributed by atoms with Crippen molar-refractivity contribution in [3.63, 3.8) is 0 Å². The van der Waals surface area contributed by atoms with Gasteiger partial charge in [0, 0.05) is 38.5 Å². The molecule has 2 rings (SSSR count). The van der Waals surface area contributed by atoms with Crippen LogP contribution in [0.1, 0.15) is 45.2 Å². The number of nitrogens with zero attached hydrogens (tertiary/aromatic N) is 2. The van der Waals surface area contributed by atoms with Gasteiger partial charge in [-0.15, -0.1) is 0 Å². The van der Waals surface area contributed by atoms with Crippen LogP contribution in [0.15, 0.2) is 29.3 Å². The van der Waals surface area contributed by atoms with E-state index >= 15 is 0 Å². The molecule has 1 heterocycles. The monoisotopic (exact) mass is 332 g/mol. The average Bonchev–Trinajstić information content (AvgIpc) is 3.14. The molecule has 0 radical (unpaired) electrons. The van der Waals surface area contributed by atoms with Crippen LogP contribution in [0.25, 0.3) is 0 Å². The van der Waals surface area contributed by atoms with E-state index in [0.717, 1.165) is 25.6 Å². The van der Waals surface area contributed by atoms with Crippen LogP contribution in [-0.2, 0) is 0 Å². The second-order valence-electron chi connectivity index (χ2n) is 6.66. The Bertz CT molecular complexity index is 526. The Kier molecular flexibility index (Phi) is 7.37. The summed E-state index contributed by atoms with van der Waals surface area (Å²) < 4.78 is 0. The molecule has 2 atom stereocenters. The van der Waals surface area contributed by atoms with Crippen LogP contribution in [0.2, 0.25) is 0 Å². The van der Waals surface area contributed by atoms with Crippen LogP contribution < -0.4 is 15.5 Å². The van der Waals surface area contributed by atoms with Crippen molar-refractivity contribution in [3.05, 3.63) is 29.8 Å². The van der Waals surface area contributed by atoms with Crippen LogP contribution in [-0.4, -0.2) is 43.9 Å². The Hall–Kier alpha value is -1.75. The minimum absolute atomic E-state index is 0.163. The molecule has 134 valence electrons. The number of aliphatic hydroxyl groups excluding tert-OH is 1. The molecule has 3 N–H and O–H groups in total. The molecule has 1 aliphatic heterocycles. The summed E-state index contributed by atoms with van der Waals surface area (Å²) in [7, 11) is 0. The second-order valence-corrected chi connectivity index (χ2v) is 6.66. The van der Waals surface area contributed by atoms with Gasteiger partial charge in [0.15, 0.2) is 5.96 Å². The molecular formula is C19H32N4O. The first-order valence-corrected chi connectivity index (χ1v) is 9.14. The van der Waals surface area contributed by atoms with Crippen molar-refractivity contribution < 1.29 is 5.11 Å². The zero-order chi connectivity index (χ0) is 17.4. The number of anilines is 1. The maximum Gasteiger partial charge on any atom is 0.191 e. The lowest BCUT2D eigenvalue weighted by Crippen LogP contribution is -2.39. The summed E-state index contributed by atoms with van der Waals surface area (Å²) in [6.07, 6.45) is 2.58. The lowest BCUT2D eigenvalue weighted by atomic mass is 10.1. The number of aliphatic hydroxyl groups is 1. The topological polar surface area (TPSA) is 59.9 Å². The Balaban J connectivity index is 2.03. The third-order valence-electron chi connectivity index (χ3n) is 4.41. The zero-order valence-corrected chi connectivity index (χ0v) is 15.3. The van der Waals surface area contributed by atoms with Crippen LogP contribution in [0.4, 0.5) is 5.69 Å². The highest BCUT2D eigenvalue weighted by atomic mass is 16.3. The Morgan fingerprint density at radius 1 is 1.29 bits per heavy atom. The summed E-state index contributed by atoms with van der Waals surface area (Å²) >= 11 is 0. The molecule has 0 aromatic heterocycles. The van der Waals surface area contributed by atoms with E-state index in [1.54, 1.807) is 0 Å². The molecule has 0 aliphatic carbocycles. The summed E-state index contributed by atoms with van der Waals surface area (Å²) in [5, 5.41) is 15.9. The number of hydrogen-bond donors (Lipinski definition) is 3. The van der Waals surface area contributed by atoms with Gasteiger partial charge in [-0.25, -0.2) is 0 Å². The molecule has 0 spiro atoms. The number of nitrogens with one attached hydrogen (secondary N) is 2. The van der Waals surface area contributed by atoms with E-state index in [9.17, 15) is 0 Å². The van der Waals surface area contributed by atoms with E-state index in [4.69, 9.17) is 5.11 Å². The summed E-state index contributed by atoms with van der Waals surface area (Å²) in [5.41, 5.74) is 2.58. The van der Waals surface area contributed by atoms with Crippen LogP contribution in [0.5, 0.6) is 0 Å². The predicted molar refractivity (Wildman–Crippen MR) is 102 cm³/mol. The molecule has 5 nitrogen and oxygen atoms in total. The van der Waals surface area contributed by atoms with Gasteiger partial charge >= 0.3 is 0 Å². The molecule has 0 bridgehead atoms. The van der Waals surface area contributed by atoms with Gasteiger partial charge in [0.2, 0.25) is 0 Å². The molecule has 0 saturated carbocycles. The van der Waals surface area contributed by atoms with Gasteiger partial charge in [-0.2, -0.15) is 0 Å². The maximum atomic E-state index is 9.16. The number of aliphatic imine (C=N–C) groups is 1. The normalized spacial score (nSPS) is 17.7. The molecular weight excluding hydrogens is 300 g/mol. The average molecular weight is 332 g/mol. The summed E-state index contributed by atoms with van der Waals surface area (Å²) in [4.78, 5) is 7.03. The van der Waals surface area contributed by atoms with E-state index in [2.05, 4.69) is 58.6 Å². The quantitative estimate of drug-likeness (QED) is 0.530. The van der Waals surface area contributed by atoms with Crippen LogP contribution in [0.3, 0.4) is 0 Å². The standard InChI is InChI=1S/C19H32N4O/c1-4-20-19(21-13-15(2)14-24)22-16(3)17-8-7-9-18(12-17)23-10-5-6-11-23/h7-9,12,15-16,24H,4-6,10-11,13-14H2,1-3H3,(H2,20,21,22). The van der Waals surface area contributed by atoms with Gasteiger partial charge < -0.3 is 20.6 Å². The lowest BCUT2D eigenvalue weighted by Gasteiger charge is -2.22. The van der Waals surface area contributed by atoms with Crippen molar-refractivity contribution in [3.8, 4) is 0 Å². The highest BCUT2D eigenvalue weighted by molar-refractivity contribution is 5.80. The lowest BCUT2D eigenvalue weighted by molar-refractivity contribution is 0.241. The molecule has 24 heavy (non-hydrogen) atoms. The van der Waals surface area contributed by atoms with E-state index in [0.29, 0.717) is 6.54 Å². The van der Waals surface area contributed by atoms with Crippen molar-refractivity contribution >= 4 is 11.6 Å². The number of guanidine groups is 1. The minimum Gasteiger partial charge on any atom is -0.396 e. The Labute approximate surface area is 146 Å². The fourth-order valence-electron chi connectivity index (χ4n) is 2.88. The molecule has 1 aromatic carbocycles. The second kappa shape index (κ2) is 9.52. The third-order valence-corrected chi connectivity index (χ3v) is 4.41. The largest absolute Gasteiger partial charge is 0.396 e. The van der Waals surface area contributed by atoms with E-state index in [-0.39, 0.29) is 18.6 Å². The van der Waals surface area contributed by atoms with Gasteiger partial charge in [0.1, 0.15) is 0 Å². The van der Waals surface area contributed by atoms with Gasteiger partial charge in [0.05, 0.1) is 6.04 Å². The summed E-state index contributed by atoms with van der Waals surface area (Å²) in [6.45, 7) is 10.1. The van der Waals surface area contributed by atoms with Crippen molar-refractivity contribution in [1.29, 1.82) is 0 Å². The summed E-state index contributed by atoms with van der Waals surface area (Å²) in [6, 6.07) is 8.96. The highest BCUT2D eigenvalue weighted by Gasteiger charge is 2.14. The summed E-state index contributed by atoms with van der Waals surface area (Å²) in [5.74, 6) is 0.978. The predicted octanol–water partition coefficient (Wildman–Crippen LogP) is 2.53. The smallest absolute Gasteiger partial charge is 0.191 e. The van der Waals surface area contributed by atoms with Crippen molar-refractivity contribution in [2.45, 2.75) is 39.7 Å². The number of hydrogen-bond acceptors (Lipinski definition) is 3. The van der Waals surface area contributed by atoms with Gasteiger partial charge in [-0.3, -0.25) is 4.99 Å². The number of rotatable bonds is 7. The van der Waals surface area contributed by atoms with Crippen molar-refractivity contribution in [2.24, 2.45) is 10.9 Å². The first-order chi connectivity index (χ1) is 11.6. The molecule has 2 unspecified atom stereocenters. The first kappa shape index (κ1) is 18.6. The Morgan fingerprint density at radius 3 is 2.71 bits per heavy atom.